The van der Waals surface area contributed by atoms with Gasteiger partial charge in [0.1, 0.15) is 17.1 Å². The Morgan fingerprint density at radius 1 is 1.24 bits per heavy atom. The predicted octanol–water partition coefficient (Wildman–Crippen LogP) is 3.83. The molecule has 0 fully saturated rings. The molecule has 1 aromatic carbocycles. The zero-order chi connectivity index (χ0) is 12.8. The summed E-state index contributed by atoms with van der Waals surface area (Å²) in [4.78, 5) is 1.08. The van der Waals surface area contributed by atoms with Gasteiger partial charge in [-0.05, 0) is 52.4 Å². The molecule has 0 spiro atoms. The van der Waals surface area contributed by atoms with Crippen molar-refractivity contribution < 1.29 is 9.84 Å². The summed E-state index contributed by atoms with van der Waals surface area (Å²) in [5.41, 5.74) is 2.99. The predicted molar refractivity (Wildman–Crippen MR) is 72.4 cm³/mol. The van der Waals surface area contributed by atoms with Gasteiger partial charge in [-0.2, -0.15) is 0 Å². The van der Waals surface area contributed by atoms with Crippen LogP contribution in [0.3, 0.4) is 0 Å². The van der Waals surface area contributed by atoms with Gasteiger partial charge in [-0.15, -0.1) is 11.8 Å². The first-order valence-electron chi connectivity index (χ1n) is 5.95. The van der Waals surface area contributed by atoms with Crippen LogP contribution in [0.15, 0.2) is 4.90 Å². The molecule has 3 heteroatoms. The molecule has 0 bridgehead atoms. The third-order valence-corrected chi connectivity index (χ3v) is 4.44. The van der Waals surface area contributed by atoms with Crippen molar-refractivity contribution in [3.8, 4) is 11.5 Å². The molecule has 1 heterocycles. The lowest BCUT2D eigenvalue weighted by atomic mass is 9.90. The van der Waals surface area contributed by atoms with E-state index in [1.54, 1.807) is 11.8 Å². The number of fused-ring (bicyclic) bond motifs is 1. The minimum Gasteiger partial charge on any atom is -0.507 e. The second kappa shape index (κ2) is 4.13. The van der Waals surface area contributed by atoms with Gasteiger partial charge in [0.2, 0.25) is 0 Å². The molecule has 2 nitrogen and oxygen atoms in total. The van der Waals surface area contributed by atoms with Gasteiger partial charge in [0.25, 0.3) is 0 Å². The number of benzene rings is 1. The fraction of sp³-hybridized carbons (Fsp3) is 0.571. The van der Waals surface area contributed by atoms with Crippen molar-refractivity contribution in [2.45, 2.75) is 51.0 Å². The minimum absolute atomic E-state index is 0.104. The van der Waals surface area contributed by atoms with Crippen LogP contribution in [-0.4, -0.2) is 17.0 Å². The molecule has 94 valence electrons. The van der Waals surface area contributed by atoms with Gasteiger partial charge in [-0.25, -0.2) is 0 Å². The molecule has 0 aromatic heterocycles. The van der Waals surface area contributed by atoms with Crippen molar-refractivity contribution in [2.75, 3.05) is 6.26 Å². The average Bonchev–Trinajstić information content (AvgIpc) is 2.26. The molecule has 1 N–H and O–H groups in total. The highest BCUT2D eigenvalue weighted by Crippen LogP contribution is 2.46. The number of phenols is 1. The maximum absolute atomic E-state index is 10.1. The maximum atomic E-state index is 10.1. The van der Waals surface area contributed by atoms with Crippen LogP contribution in [0.5, 0.6) is 11.5 Å². The van der Waals surface area contributed by atoms with Gasteiger partial charge in [0.05, 0.1) is 4.90 Å². The van der Waals surface area contributed by atoms with Gasteiger partial charge in [0.15, 0.2) is 0 Å². The lowest BCUT2D eigenvalue weighted by Gasteiger charge is -2.35. The van der Waals surface area contributed by atoms with Gasteiger partial charge < -0.3 is 9.84 Å². The average molecular weight is 252 g/mol. The summed E-state index contributed by atoms with van der Waals surface area (Å²) in [6.45, 7) is 8.18. The Balaban J connectivity index is 2.67. The third-order valence-electron chi connectivity index (χ3n) is 3.54. The Labute approximate surface area is 107 Å². The van der Waals surface area contributed by atoms with E-state index in [0.717, 1.165) is 34.6 Å². The van der Waals surface area contributed by atoms with Crippen molar-refractivity contribution in [3.05, 3.63) is 16.7 Å². The van der Waals surface area contributed by atoms with Crippen molar-refractivity contribution in [2.24, 2.45) is 0 Å². The van der Waals surface area contributed by atoms with E-state index in [1.165, 1.54) is 5.56 Å². The summed E-state index contributed by atoms with van der Waals surface area (Å²) in [6, 6.07) is 0. The first kappa shape index (κ1) is 12.6. The van der Waals surface area contributed by atoms with Crippen LogP contribution in [0.1, 0.15) is 37.0 Å². The lowest BCUT2D eigenvalue weighted by molar-refractivity contribution is 0.0802. The monoisotopic (exact) mass is 252 g/mol. The lowest BCUT2D eigenvalue weighted by Crippen LogP contribution is -2.33. The Morgan fingerprint density at radius 2 is 1.88 bits per heavy atom. The van der Waals surface area contributed by atoms with E-state index >= 15 is 0 Å². The van der Waals surface area contributed by atoms with Crippen LogP contribution in [-0.2, 0) is 6.42 Å². The maximum Gasteiger partial charge on any atom is 0.137 e. The van der Waals surface area contributed by atoms with Crippen molar-refractivity contribution in [1.82, 2.24) is 0 Å². The molecular weight excluding hydrogens is 232 g/mol. The highest BCUT2D eigenvalue weighted by Gasteiger charge is 2.31. The highest BCUT2D eigenvalue weighted by molar-refractivity contribution is 7.98. The molecule has 0 saturated carbocycles. The number of aromatic hydroxyl groups is 1. The summed E-state index contributed by atoms with van der Waals surface area (Å²) >= 11 is 1.65. The molecule has 0 amide bonds. The van der Waals surface area contributed by atoms with Gasteiger partial charge in [-0.1, -0.05) is 0 Å². The topological polar surface area (TPSA) is 29.5 Å². The van der Waals surface area contributed by atoms with Crippen LogP contribution >= 0.6 is 11.8 Å². The third kappa shape index (κ3) is 2.01. The van der Waals surface area contributed by atoms with E-state index in [0.29, 0.717) is 5.75 Å². The SMILES string of the molecule is CSc1c(C)c(O)c(C)c2c1OC(C)(C)CC2. The summed E-state index contributed by atoms with van der Waals surface area (Å²) in [5, 5.41) is 10.1. The van der Waals surface area contributed by atoms with Crippen LogP contribution in [0.4, 0.5) is 0 Å². The van der Waals surface area contributed by atoms with E-state index in [1.807, 2.05) is 20.1 Å². The molecule has 0 unspecified atom stereocenters. The molecule has 1 aromatic rings. The van der Waals surface area contributed by atoms with Crippen LogP contribution in [0.2, 0.25) is 0 Å². The minimum atomic E-state index is -0.104. The first-order valence-corrected chi connectivity index (χ1v) is 7.18. The van der Waals surface area contributed by atoms with Crippen molar-refractivity contribution in [3.63, 3.8) is 0 Å². The quantitative estimate of drug-likeness (QED) is 0.770. The van der Waals surface area contributed by atoms with Gasteiger partial charge in [-0.3, -0.25) is 0 Å². The molecular formula is C14H20O2S. The van der Waals surface area contributed by atoms with E-state index in [4.69, 9.17) is 4.74 Å². The van der Waals surface area contributed by atoms with E-state index in [-0.39, 0.29) is 5.60 Å². The fourth-order valence-corrected chi connectivity index (χ4v) is 3.17. The van der Waals surface area contributed by atoms with Gasteiger partial charge in [0, 0.05) is 11.1 Å². The zero-order valence-corrected chi connectivity index (χ0v) is 12.0. The standard InChI is InChI=1S/C14H20O2S/c1-8-10-6-7-14(3,4)16-12(10)13(17-5)9(2)11(8)15/h15H,6-7H2,1-5H3. The molecule has 1 aliphatic rings. The Hall–Kier alpha value is -0.830. The number of hydrogen-bond donors (Lipinski definition) is 1. The Bertz CT molecular complexity index is 441. The summed E-state index contributed by atoms with van der Waals surface area (Å²) in [5.74, 6) is 1.41. The summed E-state index contributed by atoms with van der Waals surface area (Å²) < 4.78 is 6.13. The smallest absolute Gasteiger partial charge is 0.137 e. The first-order chi connectivity index (χ1) is 7.87. The number of phenolic OH excluding ortho intramolecular Hbond substituents is 1. The van der Waals surface area contributed by atoms with Crippen molar-refractivity contribution in [1.29, 1.82) is 0 Å². The zero-order valence-electron chi connectivity index (χ0n) is 11.2. The van der Waals surface area contributed by atoms with Crippen LogP contribution < -0.4 is 4.74 Å². The van der Waals surface area contributed by atoms with Crippen LogP contribution in [0, 0.1) is 13.8 Å². The number of ether oxygens (including phenoxy) is 1. The number of thioether (sulfide) groups is 1. The van der Waals surface area contributed by atoms with Gasteiger partial charge >= 0.3 is 0 Å². The second-order valence-corrected chi connectivity index (χ2v) is 6.12. The molecule has 17 heavy (non-hydrogen) atoms. The van der Waals surface area contributed by atoms with Crippen molar-refractivity contribution >= 4 is 11.8 Å². The Morgan fingerprint density at radius 3 is 2.47 bits per heavy atom. The fourth-order valence-electron chi connectivity index (χ4n) is 2.42. The largest absolute Gasteiger partial charge is 0.507 e. The van der Waals surface area contributed by atoms with E-state index in [2.05, 4.69) is 13.8 Å². The normalized spacial score (nSPS) is 17.5. The molecule has 0 aliphatic carbocycles. The molecule has 1 aliphatic heterocycles. The summed E-state index contributed by atoms with van der Waals surface area (Å²) in [7, 11) is 0. The second-order valence-electron chi connectivity index (χ2n) is 5.30. The number of hydrogen-bond acceptors (Lipinski definition) is 3. The highest BCUT2D eigenvalue weighted by atomic mass is 32.2. The van der Waals surface area contributed by atoms with E-state index in [9.17, 15) is 5.11 Å². The molecule has 0 radical (unpaired) electrons. The Kier molecular flexibility index (Phi) is 3.06. The van der Waals surface area contributed by atoms with Crippen LogP contribution in [0.25, 0.3) is 0 Å². The molecule has 2 rings (SSSR count). The van der Waals surface area contributed by atoms with E-state index < -0.39 is 0 Å². The summed E-state index contributed by atoms with van der Waals surface area (Å²) in [6.07, 6.45) is 4.01. The molecule has 0 saturated heterocycles. The molecule has 0 atom stereocenters. The number of rotatable bonds is 1.